The first kappa shape index (κ1) is 16.0. The number of rotatable bonds is 6. The number of H-pyrrole nitrogens is 1. The maximum atomic E-state index is 11.9. The summed E-state index contributed by atoms with van der Waals surface area (Å²) in [6.07, 6.45) is 0.665. The predicted molar refractivity (Wildman–Crippen MR) is 78.9 cm³/mol. The quantitative estimate of drug-likeness (QED) is 0.475. The SMILES string of the molecule is Cc1cc(C)n(CCCNC(=O)c2n[nH]c([N+](=O)[O-])c2Cl)n1. The molecule has 10 heteroatoms. The van der Waals surface area contributed by atoms with Gasteiger partial charge in [0.1, 0.15) is 0 Å². The molecule has 9 nitrogen and oxygen atoms in total. The molecule has 2 aromatic heterocycles. The average molecular weight is 327 g/mol. The summed E-state index contributed by atoms with van der Waals surface area (Å²) in [5.74, 6) is -1.04. The van der Waals surface area contributed by atoms with Gasteiger partial charge in [0.2, 0.25) is 0 Å². The lowest BCUT2D eigenvalue weighted by atomic mass is 10.3. The van der Waals surface area contributed by atoms with Crippen LogP contribution in [0.4, 0.5) is 5.82 Å². The number of aryl methyl sites for hydroxylation is 3. The Balaban J connectivity index is 1.86. The molecule has 118 valence electrons. The highest BCUT2D eigenvalue weighted by molar-refractivity contribution is 6.35. The summed E-state index contributed by atoms with van der Waals surface area (Å²) in [4.78, 5) is 21.8. The third-order valence-electron chi connectivity index (χ3n) is 3.02. The Kier molecular flexibility index (Phi) is 4.76. The number of halogens is 1. The highest BCUT2D eigenvalue weighted by atomic mass is 35.5. The summed E-state index contributed by atoms with van der Waals surface area (Å²) < 4.78 is 1.86. The average Bonchev–Trinajstić information content (AvgIpc) is 2.97. The number of nitrogens with zero attached hydrogens (tertiary/aromatic N) is 4. The molecular formula is C12H15ClN6O3. The molecule has 0 saturated heterocycles. The molecule has 0 aliphatic heterocycles. The Morgan fingerprint density at radius 3 is 2.82 bits per heavy atom. The zero-order chi connectivity index (χ0) is 16.3. The van der Waals surface area contributed by atoms with Crippen molar-refractivity contribution < 1.29 is 9.72 Å². The lowest BCUT2D eigenvalue weighted by molar-refractivity contribution is -0.389. The molecule has 0 aliphatic rings. The van der Waals surface area contributed by atoms with Crippen molar-refractivity contribution in [3.05, 3.63) is 38.3 Å². The van der Waals surface area contributed by atoms with Gasteiger partial charge in [0.05, 0.1) is 5.69 Å². The minimum atomic E-state index is -0.727. The Hall–Kier alpha value is -2.42. The van der Waals surface area contributed by atoms with Crippen molar-refractivity contribution in [1.29, 1.82) is 0 Å². The van der Waals surface area contributed by atoms with E-state index in [0.717, 1.165) is 11.4 Å². The van der Waals surface area contributed by atoms with Crippen LogP contribution in [0.3, 0.4) is 0 Å². The highest BCUT2D eigenvalue weighted by Crippen LogP contribution is 2.24. The molecule has 0 atom stereocenters. The Morgan fingerprint density at radius 1 is 1.55 bits per heavy atom. The molecule has 2 rings (SSSR count). The molecule has 2 heterocycles. The second-order valence-electron chi connectivity index (χ2n) is 4.75. The van der Waals surface area contributed by atoms with Gasteiger partial charge in [0.25, 0.3) is 5.91 Å². The van der Waals surface area contributed by atoms with E-state index in [1.165, 1.54) is 0 Å². The first-order valence-corrected chi connectivity index (χ1v) is 6.95. The molecular weight excluding hydrogens is 312 g/mol. The number of carbonyl (C=O) groups excluding carboxylic acids is 1. The summed E-state index contributed by atoms with van der Waals surface area (Å²) in [6.45, 7) is 4.92. The molecule has 2 N–H and O–H groups in total. The summed E-state index contributed by atoms with van der Waals surface area (Å²) in [6, 6.07) is 1.97. The van der Waals surface area contributed by atoms with E-state index >= 15 is 0 Å². The monoisotopic (exact) mass is 326 g/mol. The van der Waals surface area contributed by atoms with Gasteiger partial charge in [0, 0.05) is 18.8 Å². The van der Waals surface area contributed by atoms with Gasteiger partial charge in [-0.25, -0.2) is 0 Å². The van der Waals surface area contributed by atoms with E-state index < -0.39 is 16.6 Å². The minimum absolute atomic E-state index is 0.181. The normalized spacial score (nSPS) is 10.7. The molecule has 0 saturated carbocycles. The largest absolute Gasteiger partial charge is 0.362 e. The lowest BCUT2D eigenvalue weighted by Crippen LogP contribution is -2.26. The van der Waals surface area contributed by atoms with Crippen molar-refractivity contribution in [2.45, 2.75) is 26.8 Å². The number of aromatic nitrogens is 4. The summed E-state index contributed by atoms with van der Waals surface area (Å²) in [5, 5.41) is 22.9. The van der Waals surface area contributed by atoms with Crippen LogP contribution in [-0.4, -0.2) is 37.4 Å². The summed E-state index contributed by atoms with van der Waals surface area (Å²) in [7, 11) is 0. The molecule has 2 aromatic rings. The zero-order valence-corrected chi connectivity index (χ0v) is 12.8. The van der Waals surface area contributed by atoms with Crippen LogP contribution in [-0.2, 0) is 6.54 Å². The second-order valence-corrected chi connectivity index (χ2v) is 5.13. The Labute approximate surface area is 130 Å². The fourth-order valence-electron chi connectivity index (χ4n) is 2.01. The van der Waals surface area contributed by atoms with Crippen molar-refractivity contribution in [1.82, 2.24) is 25.3 Å². The number of hydrogen-bond acceptors (Lipinski definition) is 5. The second kappa shape index (κ2) is 6.56. The van der Waals surface area contributed by atoms with E-state index in [2.05, 4.69) is 20.6 Å². The molecule has 0 radical (unpaired) electrons. The molecule has 0 aromatic carbocycles. The smallest absolute Gasteiger partial charge is 0.358 e. The van der Waals surface area contributed by atoms with Gasteiger partial charge in [-0.1, -0.05) is 16.7 Å². The molecule has 0 unspecified atom stereocenters. The van der Waals surface area contributed by atoms with Crippen molar-refractivity contribution in [3.8, 4) is 0 Å². The minimum Gasteiger partial charge on any atom is -0.358 e. The van der Waals surface area contributed by atoms with E-state index in [1.54, 1.807) is 0 Å². The van der Waals surface area contributed by atoms with Gasteiger partial charge in [-0.3, -0.25) is 9.48 Å². The number of carbonyl (C=O) groups is 1. The number of nitro groups is 1. The predicted octanol–water partition coefficient (Wildman–Crippen LogP) is 1.60. The molecule has 22 heavy (non-hydrogen) atoms. The first-order valence-electron chi connectivity index (χ1n) is 6.57. The highest BCUT2D eigenvalue weighted by Gasteiger charge is 2.24. The lowest BCUT2D eigenvalue weighted by Gasteiger charge is -2.05. The van der Waals surface area contributed by atoms with E-state index in [1.807, 2.05) is 24.6 Å². The molecule has 0 fully saturated rings. The van der Waals surface area contributed by atoms with Crippen LogP contribution in [0.1, 0.15) is 28.3 Å². The van der Waals surface area contributed by atoms with Gasteiger partial charge >= 0.3 is 5.82 Å². The van der Waals surface area contributed by atoms with Crippen molar-refractivity contribution in [2.75, 3.05) is 6.54 Å². The van der Waals surface area contributed by atoms with Crippen LogP contribution >= 0.6 is 11.6 Å². The van der Waals surface area contributed by atoms with E-state index in [4.69, 9.17) is 11.6 Å². The van der Waals surface area contributed by atoms with Gasteiger partial charge in [-0.2, -0.15) is 5.10 Å². The number of amides is 1. The summed E-state index contributed by atoms with van der Waals surface area (Å²) in [5.41, 5.74) is 1.81. The van der Waals surface area contributed by atoms with E-state index in [0.29, 0.717) is 19.5 Å². The first-order chi connectivity index (χ1) is 10.4. The van der Waals surface area contributed by atoms with Gasteiger partial charge in [-0.05, 0) is 31.3 Å². The molecule has 1 amide bonds. The number of nitrogens with one attached hydrogen (secondary N) is 2. The maximum absolute atomic E-state index is 11.9. The third kappa shape index (κ3) is 3.42. The maximum Gasteiger partial charge on any atom is 0.362 e. The van der Waals surface area contributed by atoms with Crippen LogP contribution in [0.5, 0.6) is 0 Å². The summed E-state index contributed by atoms with van der Waals surface area (Å²) >= 11 is 5.74. The molecule has 0 aliphatic carbocycles. The zero-order valence-electron chi connectivity index (χ0n) is 12.1. The van der Waals surface area contributed by atoms with Crippen molar-refractivity contribution in [3.63, 3.8) is 0 Å². The van der Waals surface area contributed by atoms with E-state index in [-0.39, 0.29) is 10.7 Å². The van der Waals surface area contributed by atoms with Crippen LogP contribution in [0.2, 0.25) is 5.02 Å². The van der Waals surface area contributed by atoms with Gasteiger partial charge in [-0.15, -0.1) is 5.10 Å². The molecule has 0 bridgehead atoms. The number of hydrogen-bond donors (Lipinski definition) is 2. The standard InChI is InChI=1S/C12H15ClN6O3/c1-7-6-8(2)18(17-7)5-3-4-14-12(20)10-9(13)11(16-15-10)19(21)22/h6H,3-5H2,1-2H3,(H,14,20)(H,15,16). The third-order valence-corrected chi connectivity index (χ3v) is 3.38. The van der Waals surface area contributed by atoms with Crippen LogP contribution in [0.25, 0.3) is 0 Å². The fraction of sp³-hybridized carbons (Fsp3) is 0.417. The van der Waals surface area contributed by atoms with Crippen LogP contribution < -0.4 is 5.32 Å². The van der Waals surface area contributed by atoms with Gasteiger partial charge in [0.15, 0.2) is 10.7 Å². The van der Waals surface area contributed by atoms with Crippen molar-refractivity contribution in [2.24, 2.45) is 0 Å². The van der Waals surface area contributed by atoms with Crippen molar-refractivity contribution >= 4 is 23.3 Å². The fourth-order valence-corrected chi connectivity index (χ4v) is 2.25. The van der Waals surface area contributed by atoms with E-state index in [9.17, 15) is 14.9 Å². The van der Waals surface area contributed by atoms with Crippen LogP contribution in [0, 0.1) is 24.0 Å². The van der Waals surface area contributed by atoms with Gasteiger partial charge < -0.3 is 15.4 Å². The topological polar surface area (TPSA) is 119 Å². The number of aromatic amines is 1. The van der Waals surface area contributed by atoms with Crippen LogP contribution in [0.15, 0.2) is 6.07 Å². The Morgan fingerprint density at radius 2 is 2.27 bits per heavy atom. The molecule has 0 spiro atoms. The Bertz CT molecular complexity index is 708.